The standard InChI is InChI=1S/C8H13NO/c1-8(2)4-3-6(10)5-7(8)9/h5H,3-4,9H2,1-2H3. The summed E-state index contributed by atoms with van der Waals surface area (Å²) in [5.41, 5.74) is 6.40. The van der Waals surface area contributed by atoms with Crippen molar-refractivity contribution in [1.82, 2.24) is 0 Å². The second-order valence-corrected chi connectivity index (χ2v) is 3.45. The number of carbonyl (C=O) groups is 1. The predicted molar refractivity (Wildman–Crippen MR) is 40.3 cm³/mol. The summed E-state index contributed by atoms with van der Waals surface area (Å²) in [6, 6.07) is 0. The number of ketones is 1. The molecule has 0 aromatic rings. The van der Waals surface area contributed by atoms with Crippen molar-refractivity contribution >= 4 is 5.78 Å². The first-order valence-corrected chi connectivity index (χ1v) is 3.53. The molecule has 1 aliphatic rings. The van der Waals surface area contributed by atoms with Crippen molar-refractivity contribution < 1.29 is 4.79 Å². The average Bonchev–Trinajstić information content (AvgIpc) is 1.81. The van der Waals surface area contributed by atoms with Crippen LogP contribution in [0.2, 0.25) is 0 Å². The normalized spacial score (nSPS) is 24.2. The number of hydrogen-bond donors (Lipinski definition) is 1. The fourth-order valence-electron chi connectivity index (χ4n) is 1.02. The lowest BCUT2D eigenvalue weighted by molar-refractivity contribution is -0.115. The molecule has 2 nitrogen and oxygen atoms in total. The molecule has 1 aliphatic carbocycles. The molecule has 0 spiro atoms. The maximum absolute atomic E-state index is 10.8. The summed E-state index contributed by atoms with van der Waals surface area (Å²) < 4.78 is 0. The molecule has 0 amide bonds. The highest BCUT2D eigenvalue weighted by molar-refractivity contribution is 5.91. The molecule has 2 N–H and O–H groups in total. The van der Waals surface area contributed by atoms with Gasteiger partial charge in [-0.05, 0) is 6.42 Å². The van der Waals surface area contributed by atoms with E-state index >= 15 is 0 Å². The van der Waals surface area contributed by atoms with E-state index in [0.29, 0.717) is 6.42 Å². The SMILES string of the molecule is CC1(C)CCC(=O)C=C1N. The first-order valence-electron chi connectivity index (χ1n) is 3.53. The zero-order valence-electron chi connectivity index (χ0n) is 6.48. The Morgan fingerprint density at radius 1 is 1.60 bits per heavy atom. The number of hydrogen-bond acceptors (Lipinski definition) is 2. The van der Waals surface area contributed by atoms with Gasteiger partial charge < -0.3 is 5.73 Å². The summed E-state index contributed by atoms with van der Waals surface area (Å²) in [7, 11) is 0. The molecule has 0 aliphatic heterocycles. The summed E-state index contributed by atoms with van der Waals surface area (Å²) >= 11 is 0. The van der Waals surface area contributed by atoms with Crippen molar-refractivity contribution in [2.75, 3.05) is 0 Å². The Bertz CT molecular complexity index is 191. The van der Waals surface area contributed by atoms with Gasteiger partial charge in [-0.1, -0.05) is 13.8 Å². The molecular formula is C8H13NO. The van der Waals surface area contributed by atoms with Gasteiger partial charge in [-0.15, -0.1) is 0 Å². The summed E-state index contributed by atoms with van der Waals surface area (Å²) in [6.45, 7) is 4.12. The molecule has 0 aromatic carbocycles. The van der Waals surface area contributed by atoms with Crippen LogP contribution in [0.5, 0.6) is 0 Å². The van der Waals surface area contributed by atoms with E-state index in [4.69, 9.17) is 5.73 Å². The Morgan fingerprint density at radius 3 is 2.60 bits per heavy atom. The Balaban J connectivity index is 2.88. The van der Waals surface area contributed by atoms with Crippen LogP contribution in [0.4, 0.5) is 0 Å². The van der Waals surface area contributed by atoms with E-state index in [9.17, 15) is 4.79 Å². The van der Waals surface area contributed by atoms with E-state index in [1.165, 1.54) is 0 Å². The molecule has 0 saturated heterocycles. The molecule has 1 rings (SSSR count). The molecule has 0 radical (unpaired) electrons. The predicted octanol–water partition coefficient (Wildman–Crippen LogP) is 1.22. The van der Waals surface area contributed by atoms with Gasteiger partial charge in [0.2, 0.25) is 0 Å². The van der Waals surface area contributed by atoms with Crippen LogP contribution in [-0.2, 0) is 4.79 Å². The van der Waals surface area contributed by atoms with E-state index in [-0.39, 0.29) is 11.2 Å². The maximum Gasteiger partial charge on any atom is 0.157 e. The van der Waals surface area contributed by atoms with Crippen LogP contribution in [-0.4, -0.2) is 5.78 Å². The minimum absolute atomic E-state index is 0.0356. The van der Waals surface area contributed by atoms with Gasteiger partial charge in [-0.3, -0.25) is 4.79 Å². The zero-order chi connectivity index (χ0) is 7.78. The summed E-state index contributed by atoms with van der Waals surface area (Å²) in [5, 5.41) is 0. The lowest BCUT2D eigenvalue weighted by atomic mass is 9.79. The van der Waals surface area contributed by atoms with E-state index < -0.39 is 0 Å². The van der Waals surface area contributed by atoms with E-state index in [1.54, 1.807) is 6.08 Å². The first-order chi connectivity index (χ1) is 4.52. The minimum atomic E-state index is 0.0356. The Hall–Kier alpha value is -0.790. The van der Waals surface area contributed by atoms with Crippen LogP contribution in [0.15, 0.2) is 11.8 Å². The average molecular weight is 139 g/mol. The third kappa shape index (κ3) is 1.20. The van der Waals surface area contributed by atoms with Crippen molar-refractivity contribution in [2.24, 2.45) is 11.1 Å². The topological polar surface area (TPSA) is 43.1 Å². The van der Waals surface area contributed by atoms with Gasteiger partial charge in [0.15, 0.2) is 5.78 Å². The number of nitrogens with two attached hydrogens (primary N) is 1. The Labute approximate surface area is 61.1 Å². The third-order valence-electron chi connectivity index (χ3n) is 2.09. The van der Waals surface area contributed by atoms with Crippen molar-refractivity contribution in [3.63, 3.8) is 0 Å². The smallest absolute Gasteiger partial charge is 0.157 e. The van der Waals surface area contributed by atoms with Gasteiger partial charge >= 0.3 is 0 Å². The molecule has 0 aromatic heterocycles. The van der Waals surface area contributed by atoms with Crippen molar-refractivity contribution in [3.8, 4) is 0 Å². The molecule has 0 atom stereocenters. The molecule has 0 heterocycles. The lowest BCUT2D eigenvalue weighted by Crippen LogP contribution is -2.26. The Morgan fingerprint density at radius 2 is 2.20 bits per heavy atom. The van der Waals surface area contributed by atoms with Crippen molar-refractivity contribution in [3.05, 3.63) is 11.8 Å². The number of rotatable bonds is 0. The second-order valence-electron chi connectivity index (χ2n) is 3.45. The second kappa shape index (κ2) is 2.11. The first kappa shape index (κ1) is 7.32. The van der Waals surface area contributed by atoms with Crippen molar-refractivity contribution in [1.29, 1.82) is 0 Å². The van der Waals surface area contributed by atoms with E-state index in [2.05, 4.69) is 13.8 Å². The fourth-order valence-corrected chi connectivity index (χ4v) is 1.02. The fraction of sp³-hybridized carbons (Fsp3) is 0.625. The summed E-state index contributed by atoms with van der Waals surface area (Å²) in [4.78, 5) is 10.8. The van der Waals surface area contributed by atoms with Gasteiger partial charge in [0, 0.05) is 23.6 Å². The number of carbonyl (C=O) groups excluding carboxylic acids is 1. The van der Waals surface area contributed by atoms with Crippen LogP contribution < -0.4 is 5.73 Å². The van der Waals surface area contributed by atoms with Crippen LogP contribution in [0.1, 0.15) is 26.7 Å². The van der Waals surface area contributed by atoms with Crippen LogP contribution in [0.25, 0.3) is 0 Å². The molecule has 0 fully saturated rings. The minimum Gasteiger partial charge on any atom is -0.401 e. The highest BCUT2D eigenvalue weighted by atomic mass is 16.1. The largest absolute Gasteiger partial charge is 0.401 e. The molecule has 0 unspecified atom stereocenters. The van der Waals surface area contributed by atoms with Crippen LogP contribution >= 0.6 is 0 Å². The highest BCUT2D eigenvalue weighted by Gasteiger charge is 2.26. The quantitative estimate of drug-likeness (QED) is 0.548. The van der Waals surface area contributed by atoms with Crippen LogP contribution in [0.3, 0.4) is 0 Å². The van der Waals surface area contributed by atoms with Gasteiger partial charge in [-0.2, -0.15) is 0 Å². The molecule has 56 valence electrons. The zero-order valence-corrected chi connectivity index (χ0v) is 6.48. The molecule has 0 bridgehead atoms. The highest BCUT2D eigenvalue weighted by Crippen LogP contribution is 2.31. The molecular weight excluding hydrogens is 126 g/mol. The molecule has 2 heteroatoms. The monoisotopic (exact) mass is 139 g/mol. The Kier molecular flexibility index (Phi) is 1.55. The van der Waals surface area contributed by atoms with Gasteiger partial charge in [0.25, 0.3) is 0 Å². The lowest BCUT2D eigenvalue weighted by Gasteiger charge is -2.27. The maximum atomic E-state index is 10.8. The van der Waals surface area contributed by atoms with Gasteiger partial charge in [-0.25, -0.2) is 0 Å². The molecule has 10 heavy (non-hydrogen) atoms. The van der Waals surface area contributed by atoms with E-state index in [1.807, 2.05) is 0 Å². The summed E-state index contributed by atoms with van der Waals surface area (Å²) in [5.74, 6) is 0.164. The third-order valence-corrected chi connectivity index (χ3v) is 2.09. The van der Waals surface area contributed by atoms with Gasteiger partial charge in [0.1, 0.15) is 0 Å². The number of allylic oxidation sites excluding steroid dienone is 2. The van der Waals surface area contributed by atoms with Gasteiger partial charge in [0.05, 0.1) is 0 Å². The summed E-state index contributed by atoms with van der Waals surface area (Å²) in [6.07, 6.45) is 3.09. The van der Waals surface area contributed by atoms with Crippen molar-refractivity contribution in [2.45, 2.75) is 26.7 Å². The van der Waals surface area contributed by atoms with Crippen LogP contribution in [0, 0.1) is 5.41 Å². The van der Waals surface area contributed by atoms with E-state index in [0.717, 1.165) is 12.1 Å². The molecule has 0 saturated carbocycles.